The SMILES string of the molecule is O=C([O-])COc1ccccc1/C=N\n1cn[nH]c1=S. The summed E-state index contributed by atoms with van der Waals surface area (Å²) in [6.07, 6.45) is 2.92. The van der Waals surface area contributed by atoms with Crippen LogP contribution in [0.1, 0.15) is 5.56 Å². The zero-order valence-electron chi connectivity index (χ0n) is 9.65. The summed E-state index contributed by atoms with van der Waals surface area (Å²) < 4.78 is 6.80. The number of aromatic amines is 1. The lowest BCUT2D eigenvalue weighted by Crippen LogP contribution is -2.29. The largest absolute Gasteiger partial charge is 0.546 e. The molecule has 0 fully saturated rings. The van der Waals surface area contributed by atoms with Gasteiger partial charge in [-0.05, 0) is 24.4 Å². The van der Waals surface area contributed by atoms with Crippen molar-refractivity contribution in [3.63, 3.8) is 0 Å². The summed E-state index contributed by atoms with van der Waals surface area (Å²) >= 11 is 4.93. The number of hydrogen-bond donors (Lipinski definition) is 1. The van der Waals surface area contributed by atoms with E-state index in [0.717, 1.165) is 0 Å². The molecule has 0 saturated heterocycles. The van der Waals surface area contributed by atoms with E-state index in [4.69, 9.17) is 17.0 Å². The predicted octanol–water partition coefficient (Wildman–Crippen LogP) is -0.0484. The van der Waals surface area contributed by atoms with Gasteiger partial charge >= 0.3 is 0 Å². The number of carboxylic acid groups (broad SMARTS) is 1. The van der Waals surface area contributed by atoms with Crippen LogP contribution in [0.25, 0.3) is 0 Å². The smallest absolute Gasteiger partial charge is 0.216 e. The van der Waals surface area contributed by atoms with E-state index >= 15 is 0 Å². The average Bonchev–Trinajstić information content (AvgIpc) is 2.80. The van der Waals surface area contributed by atoms with E-state index in [1.54, 1.807) is 24.3 Å². The minimum Gasteiger partial charge on any atom is -0.546 e. The molecule has 0 unspecified atom stereocenters. The van der Waals surface area contributed by atoms with Crippen molar-refractivity contribution in [2.75, 3.05) is 6.61 Å². The average molecular weight is 277 g/mol. The molecule has 1 heterocycles. The van der Waals surface area contributed by atoms with E-state index < -0.39 is 12.6 Å². The molecule has 98 valence electrons. The number of hydrogen-bond acceptors (Lipinski definition) is 6. The van der Waals surface area contributed by atoms with Gasteiger partial charge in [0.1, 0.15) is 18.7 Å². The number of carbonyl (C=O) groups is 1. The molecule has 0 atom stereocenters. The fourth-order valence-electron chi connectivity index (χ4n) is 1.30. The summed E-state index contributed by atoms with van der Waals surface area (Å²) in [5, 5.41) is 20.7. The fourth-order valence-corrected chi connectivity index (χ4v) is 1.45. The molecule has 1 aromatic heterocycles. The molecule has 1 aromatic carbocycles. The first-order valence-corrected chi connectivity index (χ1v) is 5.65. The van der Waals surface area contributed by atoms with Crippen molar-refractivity contribution >= 4 is 24.4 Å². The highest BCUT2D eigenvalue weighted by Gasteiger charge is 2.00. The number of aromatic nitrogens is 3. The van der Waals surface area contributed by atoms with Crippen molar-refractivity contribution in [3.05, 3.63) is 40.9 Å². The van der Waals surface area contributed by atoms with Crippen LogP contribution in [0.2, 0.25) is 0 Å². The molecule has 0 bridgehead atoms. The van der Waals surface area contributed by atoms with Crippen molar-refractivity contribution in [2.45, 2.75) is 0 Å². The van der Waals surface area contributed by atoms with E-state index in [-0.39, 0.29) is 0 Å². The van der Waals surface area contributed by atoms with Gasteiger partial charge in [-0.2, -0.15) is 14.9 Å². The Morgan fingerprint density at radius 3 is 3.05 bits per heavy atom. The second-order valence-electron chi connectivity index (χ2n) is 3.45. The van der Waals surface area contributed by atoms with Gasteiger partial charge in [-0.3, -0.25) is 5.10 Å². The van der Waals surface area contributed by atoms with Gasteiger partial charge in [-0.1, -0.05) is 12.1 Å². The van der Waals surface area contributed by atoms with Gasteiger partial charge in [-0.25, -0.2) is 0 Å². The first kappa shape index (κ1) is 13.0. The van der Waals surface area contributed by atoms with Crippen LogP contribution >= 0.6 is 12.2 Å². The highest BCUT2D eigenvalue weighted by molar-refractivity contribution is 7.71. The Bertz CT molecular complexity index is 662. The number of H-pyrrole nitrogens is 1. The minimum atomic E-state index is -1.29. The summed E-state index contributed by atoms with van der Waals surface area (Å²) in [5.74, 6) is -0.894. The standard InChI is InChI=1S/C11H10N4O3S/c16-10(17)6-18-9-4-2-1-3-8(9)5-13-15-7-12-14-11(15)19/h1-5,7H,6H2,(H,14,19)(H,16,17)/p-1/b13-5-. The maximum atomic E-state index is 10.4. The van der Waals surface area contributed by atoms with Crippen LogP contribution < -0.4 is 9.84 Å². The fraction of sp³-hybridized carbons (Fsp3) is 0.0909. The maximum absolute atomic E-state index is 10.4. The Kier molecular flexibility index (Phi) is 4.04. The molecule has 0 saturated carbocycles. The second-order valence-corrected chi connectivity index (χ2v) is 3.84. The van der Waals surface area contributed by atoms with E-state index in [0.29, 0.717) is 16.1 Å². The van der Waals surface area contributed by atoms with Crippen molar-refractivity contribution in [3.8, 4) is 5.75 Å². The first-order chi connectivity index (χ1) is 9.16. The third kappa shape index (κ3) is 3.49. The molecular weight excluding hydrogens is 268 g/mol. The number of rotatable bonds is 5. The number of carbonyl (C=O) groups excluding carboxylic acids is 1. The van der Waals surface area contributed by atoms with Crippen molar-refractivity contribution in [1.29, 1.82) is 0 Å². The first-order valence-electron chi connectivity index (χ1n) is 5.25. The van der Waals surface area contributed by atoms with Crippen LogP contribution in [0.15, 0.2) is 35.7 Å². The van der Waals surface area contributed by atoms with E-state index in [9.17, 15) is 9.90 Å². The summed E-state index contributed by atoms with van der Waals surface area (Å²) in [6.45, 7) is -0.518. The van der Waals surface area contributed by atoms with Crippen LogP contribution in [0.4, 0.5) is 0 Å². The highest BCUT2D eigenvalue weighted by atomic mass is 32.1. The van der Waals surface area contributed by atoms with Gasteiger partial charge in [0.05, 0.1) is 12.2 Å². The van der Waals surface area contributed by atoms with Gasteiger partial charge in [-0.15, -0.1) is 0 Å². The van der Waals surface area contributed by atoms with Gasteiger partial charge in [0.15, 0.2) is 0 Å². The number of ether oxygens (including phenoxy) is 1. The van der Waals surface area contributed by atoms with E-state index in [2.05, 4.69) is 15.3 Å². The maximum Gasteiger partial charge on any atom is 0.216 e. The Hall–Kier alpha value is -2.48. The molecule has 0 aliphatic rings. The zero-order valence-corrected chi connectivity index (χ0v) is 10.5. The Balaban J connectivity index is 2.20. The number of aliphatic carboxylic acids is 1. The van der Waals surface area contributed by atoms with Gasteiger partial charge in [0.2, 0.25) is 4.77 Å². The molecule has 2 rings (SSSR count). The third-order valence-electron chi connectivity index (χ3n) is 2.12. The normalized spacial score (nSPS) is 10.7. The summed E-state index contributed by atoms with van der Waals surface area (Å²) in [7, 11) is 0. The highest BCUT2D eigenvalue weighted by Crippen LogP contribution is 2.15. The molecule has 1 N–H and O–H groups in total. The molecule has 0 aliphatic carbocycles. The molecule has 0 aliphatic heterocycles. The van der Waals surface area contributed by atoms with Crippen molar-refractivity contribution < 1.29 is 14.6 Å². The minimum absolute atomic E-state index is 0.351. The van der Waals surface area contributed by atoms with Gasteiger partial charge in [0, 0.05) is 5.56 Å². The molecular formula is C11H9N4O3S-. The Labute approximate surface area is 113 Å². The summed E-state index contributed by atoms with van der Waals surface area (Å²) in [6, 6.07) is 6.88. The number of para-hydroxylation sites is 1. The number of benzene rings is 1. The molecule has 8 heteroatoms. The second kappa shape index (κ2) is 5.91. The quantitative estimate of drug-likeness (QED) is 0.610. The predicted molar refractivity (Wildman–Crippen MR) is 67.3 cm³/mol. The van der Waals surface area contributed by atoms with Crippen LogP contribution in [0, 0.1) is 4.77 Å². The van der Waals surface area contributed by atoms with Gasteiger partial charge in [0.25, 0.3) is 0 Å². The van der Waals surface area contributed by atoms with Crippen molar-refractivity contribution in [1.82, 2.24) is 14.9 Å². The molecule has 0 radical (unpaired) electrons. The lowest BCUT2D eigenvalue weighted by Gasteiger charge is -2.08. The van der Waals surface area contributed by atoms with Crippen LogP contribution in [0.3, 0.4) is 0 Å². The lowest BCUT2D eigenvalue weighted by molar-refractivity contribution is -0.307. The summed E-state index contributed by atoms with van der Waals surface area (Å²) in [4.78, 5) is 10.4. The number of nitrogens with one attached hydrogen (secondary N) is 1. The van der Waals surface area contributed by atoms with Crippen molar-refractivity contribution in [2.24, 2.45) is 5.10 Å². The van der Waals surface area contributed by atoms with E-state index in [1.165, 1.54) is 17.2 Å². The van der Waals surface area contributed by atoms with Gasteiger partial charge < -0.3 is 14.6 Å². The van der Waals surface area contributed by atoms with Crippen LogP contribution in [-0.4, -0.2) is 33.7 Å². The lowest BCUT2D eigenvalue weighted by atomic mass is 10.2. The Morgan fingerprint density at radius 1 is 1.58 bits per heavy atom. The topological polar surface area (TPSA) is 95.3 Å². The number of carboxylic acids is 1. The zero-order chi connectivity index (χ0) is 13.7. The van der Waals surface area contributed by atoms with Crippen LogP contribution in [0.5, 0.6) is 5.75 Å². The van der Waals surface area contributed by atoms with Crippen LogP contribution in [-0.2, 0) is 4.79 Å². The molecule has 0 spiro atoms. The Morgan fingerprint density at radius 2 is 2.37 bits per heavy atom. The molecule has 2 aromatic rings. The third-order valence-corrected chi connectivity index (χ3v) is 2.40. The molecule has 7 nitrogen and oxygen atoms in total. The number of nitrogens with zero attached hydrogens (tertiary/aromatic N) is 3. The molecule has 19 heavy (non-hydrogen) atoms. The molecule has 0 amide bonds. The summed E-state index contributed by atoms with van der Waals surface area (Å²) in [5.41, 5.74) is 0.617. The monoisotopic (exact) mass is 277 g/mol. The van der Waals surface area contributed by atoms with E-state index in [1.807, 2.05) is 0 Å².